The Labute approximate surface area is 120 Å². The summed E-state index contributed by atoms with van der Waals surface area (Å²) in [6.07, 6.45) is 2.82. The van der Waals surface area contributed by atoms with Crippen LogP contribution in [0.3, 0.4) is 0 Å². The van der Waals surface area contributed by atoms with Gasteiger partial charge >= 0.3 is 5.69 Å². The first-order chi connectivity index (χ1) is 10.0. The van der Waals surface area contributed by atoms with Gasteiger partial charge in [-0.2, -0.15) is 10.2 Å². The molecule has 0 aromatic carbocycles. The highest BCUT2D eigenvalue weighted by Crippen LogP contribution is 2.15. The van der Waals surface area contributed by atoms with Crippen LogP contribution < -0.4 is 5.32 Å². The first kappa shape index (κ1) is 14.7. The van der Waals surface area contributed by atoms with Crippen molar-refractivity contribution in [2.75, 3.05) is 0 Å². The van der Waals surface area contributed by atoms with Crippen molar-refractivity contribution in [1.29, 1.82) is 0 Å². The molecule has 0 saturated heterocycles. The van der Waals surface area contributed by atoms with E-state index in [4.69, 9.17) is 0 Å². The second-order valence-electron chi connectivity index (χ2n) is 4.45. The van der Waals surface area contributed by atoms with E-state index >= 15 is 0 Å². The summed E-state index contributed by atoms with van der Waals surface area (Å²) >= 11 is 0. The van der Waals surface area contributed by atoms with Gasteiger partial charge in [-0.3, -0.25) is 24.3 Å². The summed E-state index contributed by atoms with van der Waals surface area (Å²) < 4.78 is 3.09. The summed E-state index contributed by atoms with van der Waals surface area (Å²) in [4.78, 5) is 22.1. The number of aryl methyl sites for hydroxylation is 1. The lowest BCUT2D eigenvalue weighted by Crippen LogP contribution is -2.28. The van der Waals surface area contributed by atoms with Gasteiger partial charge in [0.2, 0.25) is 5.91 Å². The van der Waals surface area contributed by atoms with Crippen LogP contribution in [0.2, 0.25) is 0 Å². The molecule has 0 bridgehead atoms. The molecule has 0 saturated carbocycles. The minimum absolute atomic E-state index is 0.0556. The van der Waals surface area contributed by atoms with Gasteiger partial charge in [0.15, 0.2) is 0 Å². The van der Waals surface area contributed by atoms with Crippen LogP contribution in [0.25, 0.3) is 0 Å². The Balaban J connectivity index is 1.95. The maximum Gasteiger partial charge on any atom is 0.309 e. The standard InChI is InChI=1S/C12H16N6O3/c1-3-16-10(4-5-14-16)6-13-12(19)8-17-9(2)11(7-15-17)18(20)21/h4-5,7H,3,6,8H2,1-2H3,(H,13,19). The van der Waals surface area contributed by atoms with E-state index in [1.54, 1.807) is 17.8 Å². The van der Waals surface area contributed by atoms with Crippen LogP contribution in [-0.2, 0) is 24.4 Å². The summed E-state index contributed by atoms with van der Waals surface area (Å²) in [7, 11) is 0. The summed E-state index contributed by atoms with van der Waals surface area (Å²) in [6, 6.07) is 1.83. The highest BCUT2D eigenvalue weighted by atomic mass is 16.6. The highest BCUT2D eigenvalue weighted by molar-refractivity contribution is 5.75. The van der Waals surface area contributed by atoms with Gasteiger partial charge < -0.3 is 5.32 Å². The molecule has 21 heavy (non-hydrogen) atoms. The largest absolute Gasteiger partial charge is 0.349 e. The number of nitro groups is 1. The van der Waals surface area contributed by atoms with Crippen LogP contribution in [0.1, 0.15) is 18.3 Å². The molecular formula is C12H16N6O3. The maximum atomic E-state index is 11.9. The molecule has 2 rings (SSSR count). The zero-order valence-electron chi connectivity index (χ0n) is 11.8. The normalized spacial score (nSPS) is 10.6. The monoisotopic (exact) mass is 292 g/mol. The van der Waals surface area contributed by atoms with E-state index in [0.717, 1.165) is 18.4 Å². The molecule has 2 aromatic heterocycles. The molecule has 0 aliphatic heterocycles. The van der Waals surface area contributed by atoms with E-state index in [0.29, 0.717) is 12.2 Å². The number of amides is 1. The van der Waals surface area contributed by atoms with Gasteiger partial charge in [0.05, 0.1) is 17.2 Å². The Morgan fingerprint density at radius 3 is 2.81 bits per heavy atom. The smallest absolute Gasteiger partial charge is 0.309 e. The molecule has 0 fully saturated rings. The zero-order valence-corrected chi connectivity index (χ0v) is 11.8. The Morgan fingerprint density at radius 1 is 1.43 bits per heavy atom. The van der Waals surface area contributed by atoms with Gasteiger partial charge in [0, 0.05) is 12.7 Å². The summed E-state index contributed by atoms with van der Waals surface area (Å²) in [6.45, 7) is 4.55. The molecule has 2 heterocycles. The van der Waals surface area contributed by atoms with Gasteiger partial charge in [-0.15, -0.1) is 0 Å². The van der Waals surface area contributed by atoms with E-state index in [1.165, 1.54) is 4.68 Å². The molecule has 0 unspecified atom stereocenters. The van der Waals surface area contributed by atoms with Crippen LogP contribution in [0.15, 0.2) is 18.5 Å². The Hall–Kier alpha value is -2.71. The van der Waals surface area contributed by atoms with Crippen LogP contribution >= 0.6 is 0 Å². The number of aromatic nitrogens is 4. The first-order valence-electron chi connectivity index (χ1n) is 6.47. The number of hydrogen-bond donors (Lipinski definition) is 1. The molecule has 9 heteroatoms. The predicted octanol–water partition coefficient (Wildman–Crippen LogP) is 0.633. The minimum Gasteiger partial charge on any atom is -0.349 e. The predicted molar refractivity (Wildman–Crippen MR) is 73.4 cm³/mol. The van der Waals surface area contributed by atoms with Gasteiger partial charge in [0.1, 0.15) is 18.4 Å². The molecule has 0 atom stereocenters. The molecule has 1 amide bonds. The highest BCUT2D eigenvalue weighted by Gasteiger charge is 2.17. The fraction of sp³-hybridized carbons (Fsp3) is 0.417. The molecule has 0 radical (unpaired) electrons. The quantitative estimate of drug-likeness (QED) is 0.620. The second-order valence-corrected chi connectivity index (χ2v) is 4.45. The van der Waals surface area contributed by atoms with Crippen molar-refractivity contribution in [3.63, 3.8) is 0 Å². The Kier molecular flexibility index (Phi) is 4.31. The third kappa shape index (κ3) is 3.25. The van der Waals surface area contributed by atoms with Crippen molar-refractivity contribution in [2.24, 2.45) is 0 Å². The SMILES string of the molecule is CCn1nccc1CNC(=O)Cn1ncc([N+](=O)[O-])c1C. The Morgan fingerprint density at radius 2 is 2.19 bits per heavy atom. The lowest BCUT2D eigenvalue weighted by molar-refractivity contribution is -0.385. The van der Waals surface area contributed by atoms with Crippen molar-refractivity contribution in [3.05, 3.63) is 40.0 Å². The van der Waals surface area contributed by atoms with E-state index in [9.17, 15) is 14.9 Å². The van der Waals surface area contributed by atoms with Crippen molar-refractivity contribution in [1.82, 2.24) is 24.9 Å². The Bertz CT molecular complexity index is 660. The van der Waals surface area contributed by atoms with Crippen molar-refractivity contribution in [2.45, 2.75) is 33.5 Å². The molecule has 112 valence electrons. The van der Waals surface area contributed by atoms with Gasteiger partial charge in [-0.1, -0.05) is 0 Å². The van der Waals surface area contributed by atoms with Crippen LogP contribution in [-0.4, -0.2) is 30.4 Å². The van der Waals surface area contributed by atoms with Gasteiger partial charge in [-0.05, 0) is 19.9 Å². The topological polar surface area (TPSA) is 108 Å². The molecule has 1 N–H and O–H groups in total. The second kappa shape index (κ2) is 6.16. The van der Waals surface area contributed by atoms with Crippen molar-refractivity contribution >= 4 is 11.6 Å². The summed E-state index contributed by atoms with van der Waals surface area (Å²) in [5, 5.41) is 21.4. The average Bonchev–Trinajstić information content (AvgIpc) is 3.03. The number of carbonyl (C=O) groups is 1. The first-order valence-corrected chi connectivity index (χ1v) is 6.47. The summed E-state index contributed by atoms with van der Waals surface area (Å²) in [5.74, 6) is -0.264. The molecule has 0 spiro atoms. The van der Waals surface area contributed by atoms with E-state index in [2.05, 4.69) is 15.5 Å². The number of hydrogen-bond acceptors (Lipinski definition) is 5. The lowest BCUT2D eigenvalue weighted by Gasteiger charge is -2.07. The molecule has 0 aliphatic carbocycles. The minimum atomic E-state index is -0.517. The zero-order chi connectivity index (χ0) is 15.4. The maximum absolute atomic E-state index is 11.9. The molecule has 9 nitrogen and oxygen atoms in total. The number of nitrogens with zero attached hydrogens (tertiary/aromatic N) is 5. The fourth-order valence-corrected chi connectivity index (χ4v) is 1.95. The van der Waals surface area contributed by atoms with Crippen molar-refractivity contribution in [3.8, 4) is 0 Å². The van der Waals surface area contributed by atoms with Gasteiger partial charge in [-0.25, -0.2) is 0 Å². The number of carbonyl (C=O) groups excluding carboxylic acids is 1. The third-order valence-corrected chi connectivity index (χ3v) is 3.14. The fourth-order valence-electron chi connectivity index (χ4n) is 1.95. The van der Waals surface area contributed by atoms with Gasteiger partial charge in [0.25, 0.3) is 0 Å². The molecule has 0 aliphatic rings. The van der Waals surface area contributed by atoms with E-state index in [-0.39, 0.29) is 18.1 Å². The summed E-state index contributed by atoms with van der Waals surface area (Å²) in [5.41, 5.74) is 1.16. The molecular weight excluding hydrogens is 276 g/mol. The van der Waals surface area contributed by atoms with Crippen LogP contribution in [0.5, 0.6) is 0 Å². The number of rotatable bonds is 6. The van der Waals surface area contributed by atoms with E-state index < -0.39 is 4.92 Å². The van der Waals surface area contributed by atoms with Crippen molar-refractivity contribution < 1.29 is 9.72 Å². The van der Waals surface area contributed by atoms with E-state index in [1.807, 2.05) is 13.0 Å². The number of nitrogens with one attached hydrogen (secondary N) is 1. The molecule has 2 aromatic rings. The third-order valence-electron chi connectivity index (χ3n) is 3.14. The lowest BCUT2D eigenvalue weighted by atomic mass is 10.4. The van der Waals surface area contributed by atoms with Crippen LogP contribution in [0.4, 0.5) is 5.69 Å². The average molecular weight is 292 g/mol. The van der Waals surface area contributed by atoms with Crippen LogP contribution in [0, 0.1) is 17.0 Å².